The molecule has 1 amide bonds. The van der Waals surface area contributed by atoms with E-state index in [0.29, 0.717) is 0 Å². The van der Waals surface area contributed by atoms with E-state index in [9.17, 15) is 17.1 Å². The lowest BCUT2D eigenvalue weighted by molar-refractivity contribution is 0.102. The monoisotopic (exact) mass is 308 g/mol. The van der Waals surface area contributed by atoms with E-state index >= 15 is 0 Å². The van der Waals surface area contributed by atoms with Crippen molar-refractivity contribution in [2.45, 2.75) is 4.90 Å². The Balaban J connectivity index is 2.31. The number of carbonyl (C=O) groups excluding carboxylic acids is 1. The molecule has 0 atom stereocenters. The predicted molar refractivity (Wildman–Crippen MR) is 70.6 cm³/mol. The number of amides is 1. The molecule has 0 saturated heterocycles. The van der Waals surface area contributed by atoms with Crippen LogP contribution in [-0.2, 0) is 17.3 Å². The smallest absolute Gasteiger partial charge is 0.322 e. The van der Waals surface area contributed by atoms with E-state index in [0.717, 1.165) is 12.1 Å². The minimum absolute atomic E-state index is 0.0357. The molecule has 0 radical (unpaired) electrons. The van der Waals surface area contributed by atoms with Gasteiger partial charge in [-0.15, -0.1) is 3.89 Å². The first-order valence-electron chi connectivity index (χ1n) is 5.61. The number of rotatable bonds is 3. The number of halogens is 1. The van der Waals surface area contributed by atoms with Crippen LogP contribution in [0.15, 0.2) is 35.4 Å². The molecule has 1 aromatic heterocycles. The quantitative estimate of drug-likeness (QED) is 0.858. The number of nitriles is 1. The van der Waals surface area contributed by atoms with Crippen molar-refractivity contribution in [3.63, 3.8) is 0 Å². The lowest BCUT2D eigenvalue weighted by Crippen LogP contribution is -2.13. The van der Waals surface area contributed by atoms with Crippen molar-refractivity contribution >= 4 is 21.8 Å². The molecule has 0 aliphatic rings. The SMILES string of the molecule is Cn1ncc(C(=O)Nc2cccc(S(=O)(=O)F)c2)c1C#N. The molecule has 2 aromatic rings. The van der Waals surface area contributed by atoms with Crippen molar-refractivity contribution in [1.29, 1.82) is 5.26 Å². The first-order chi connectivity index (χ1) is 9.82. The molecule has 0 spiro atoms. The van der Waals surface area contributed by atoms with Gasteiger partial charge in [-0.1, -0.05) is 6.07 Å². The molecule has 0 aliphatic heterocycles. The van der Waals surface area contributed by atoms with Crippen LogP contribution in [0.2, 0.25) is 0 Å². The summed E-state index contributed by atoms with van der Waals surface area (Å²) in [6.45, 7) is 0. The highest BCUT2D eigenvalue weighted by atomic mass is 32.3. The van der Waals surface area contributed by atoms with Gasteiger partial charge in [0.1, 0.15) is 11.0 Å². The fourth-order valence-corrected chi connectivity index (χ4v) is 2.17. The average Bonchev–Trinajstić information content (AvgIpc) is 2.79. The number of hydrogen-bond acceptors (Lipinski definition) is 5. The van der Waals surface area contributed by atoms with Crippen molar-refractivity contribution in [3.8, 4) is 6.07 Å². The summed E-state index contributed by atoms with van der Waals surface area (Å²) >= 11 is 0. The van der Waals surface area contributed by atoms with E-state index in [-0.39, 0.29) is 16.9 Å². The Labute approximate surface area is 119 Å². The highest BCUT2D eigenvalue weighted by Crippen LogP contribution is 2.18. The Kier molecular flexibility index (Phi) is 3.73. The van der Waals surface area contributed by atoms with Crippen LogP contribution in [0.3, 0.4) is 0 Å². The van der Waals surface area contributed by atoms with Crippen LogP contribution in [0.4, 0.5) is 9.57 Å². The third kappa shape index (κ3) is 3.06. The summed E-state index contributed by atoms with van der Waals surface area (Å²) < 4.78 is 35.7. The molecule has 0 bridgehead atoms. The average molecular weight is 308 g/mol. The van der Waals surface area contributed by atoms with Crippen LogP contribution in [0.1, 0.15) is 16.1 Å². The van der Waals surface area contributed by atoms with Crippen LogP contribution >= 0.6 is 0 Å². The van der Waals surface area contributed by atoms with E-state index < -0.39 is 21.0 Å². The Bertz CT molecular complexity index is 852. The third-order valence-corrected chi connectivity index (χ3v) is 3.48. The van der Waals surface area contributed by atoms with Crippen molar-refractivity contribution in [1.82, 2.24) is 9.78 Å². The summed E-state index contributed by atoms with van der Waals surface area (Å²) in [7, 11) is -3.35. The van der Waals surface area contributed by atoms with Crippen LogP contribution in [0, 0.1) is 11.3 Å². The van der Waals surface area contributed by atoms with Crippen molar-refractivity contribution < 1.29 is 17.1 Å². The Morgan fingerprint density at radius 1 is 1.48 bits per heavy atom. The summed E-state index contributed by atoms with van der Waals surface area (Å²) in [4.78, 5) is 11.4. The number of aromatic nitrogens is 2. The Hall–Kier alpha value is -2.73. The van der Waals surface area contributed by atoms with Gasteiger partial charge in [-0.2, -0.15) is 18.8 Å². The number of anilines is 1. The standard InChI is InChI=1S/C12H9FN4O3S/c1-17-11(6-14)10(7-15-17)12(18)16-8-3-2-4-9(5-8)21(13,19)20/h2-5,7H,1H3,(H,16,18). The van der Waals surface area contributed by atoms with Crippen molar-refractivity contribution in [2.24, 2.45) is 7.05 Å². The molecule has 1 N–H and O–H groups in total. The molecule has 21 heavy (non-hydrogen) atoms. The van der Waals surface area contributed by atoms with E-state index in [1.54, 1.807) is 0 Å². The van der Waals surface area contributed by atoms with E-state index in [1.165, 1.54) is 30.1 Å². The van der Waals surface area contributed by atoms with E-state index in [4.69, 9.17) is 5.26 Å². The van der Waals surface area contributed by atoms with Crippen LogP contribution in [0.25, 0.3) is 0 Å². The topological polar surface area (TPSA) is 105 Å². The molecule has 2 rings (SSSR count). The van der Waals surface area contributed by atoms with Crippen LogP contribution in [0.5, 0.6) is 0 Å². The molecule has 0 fully saturated rings. The zero-order chi connectivity index (χ0) is 15.6. The molecule has 0 saturated carbocycles. The molecule has 108 valence electrons. The number of nitrogens with one attached hydrogen (secondary N) is 1. The minimum Gasteiger partial charge on any atom is -0.322 e. The number of benzene rings is 1. The van der Waals surface area contributed by atoms with Crippen LogP contribution in [-0.4, -0.2) is 24.1 Å². The normalized spacial score (nSPS) is 10.9. The first kappa shape index (κ1) is 14.7. The predicted octanol–water partition coefficient (Wildman–Crippen LogP) is 1.20. The second kappa shape index (κ2) is 5.34. The fourth-order valence-electron chi connectivity index (χ4n) is 1.66. The summed E-state index contributed by atoms with van der Waals surface area (Å²) in [5, 5.41) is 15.1. The maximum absolute atomic E-state index is 12.9. The number of nitrogens with zero attached hydrogens (tertiary/aromatic N) is 3. The summed E-state index contributed by atoms with van der Waals surface area (Å²) in [6, 6.07) is 6.56. The molecule has 1 aromatic carbocycles. The lowest BCUT2D eigenvalue weighted by atomic mass is 10.2. The number of aryl methyl sites for hydroxylation is 1. The lowest BCUT2D eigenvalue weighted by Gasteiger charge is -2.05. The van der Waals surface area contributed by atoms with Gasteiger partial charge in [-0.25, -0.2) is 0 Å². The summed E-state index contributed by atoms with van der Waals surface area (Å²) in [5.41, 5.74) is 0.182. The van der Waals surface area contributed by atoms with Gasteiger partial charge in [0.2, 0.25) is 0 Å². The second-order valence-corrected chi connectivity index (χ2v) is 5.41. The highest BCUT2D eigenvalue weighted by molar-refractivity contribution is 7.86. The van der Waals surface area contributed by atoms with E-state index in [1.807, 2.05) is 6.07 Å². The van der Waals surface area contributed by atoms with E-state index in [2.05, 4.69) is 10.4 Å². The molecular weight excluding hydrogens is 299 g/mol. The number of hydrogen-bond donors (Lipinski definition) is 1. The second-order valence-electron chi connectivity index (χ2n) is 4.06. The molecule has 0 aliphatic carbocycles. The maximum atomic E-state index is 12.9. The van der Waals surface area contributed by atoms with Gasteiger partial charge in [-0.3, -0.25) is 9.48 Å². The van der Waals surface area contributed by atoms with Gasteiger partial charge in [0, 0.05) is 12.7 Å². The number of carbonyl (C=O) groups is 1. The fraction of sp³-hybridized carbons (Fsp3) is 0.0833. The highest BCUT2D eigenvalue weighted by Gasteiger charge is 2.17. The molecular formula is C12H9FN4O3S. The summed E-state index contributed by atoms with van der Waals surface area (Å²) in [5.74, 6) is -0.645. The molecule has 0 unspecified atom stereocenters. The zero-order valence-corrected chi connectivity index (χ0v) is 11.6. The van der Waals surface area contributed by atoms with Gasteiger partial charge in [0.15, 0.2) is 5.69 Å². The minimum atomic E-state index is -4.85. The van der Waals surface area contributed by atoms with Crippen molar-refractivity contribution in [2.75, 3.05) is 5.32 Å². The Morgan fingerprint density at radius 2 is 2.19 bits per heavy atom. The zero-order valence-electron chi connectivity index (χ0n) is 10.7. The van der Waals surface area contributed by atoms with Gasteiger partial charge in [0.05, 0.1) is 11.8 Å². The summed E-state index contributed by atoms with van der Waals surface area (Å²) in [6.07, 6.45) is 1.21. The van der Waals surface area contributed by atoms with Crippen LogP contribution < -0.4 is 5.32 Å². The Morgan fingerprint density at radius 3 is 2.81 bits per heavy atom. The van der Waals surface area contributed by atoms with Crippen molar-refractivity contribution in [3.05, 3.63) is 41.7 Å². The molecule has 9 heteroatoms. The molecule has 1 heterocycles. The molecule has 7 nitrogen and oxygen atoms in total. The van der Waals surface area contributed by atoms with Gasteiger partial charge >= 0.3 is 10.2 Å². The maximum Gasteiger partial charge on any atom is 0.332 e. The van der Waals surface area contributed by atoms with Gasteiger partial charge in [-0.05, 0) is 18.2 Å². The first-order valence-corrected chi connectivity index (χ1v) is 6.99. The third-order valence-electron chi connectivity index (χ3n) is 2.66. The largest absolute Gasteiger partial charge is 0.332 e. The van der Waals surface area contributed by atoms with Gasteiger partial charge in [0.25, 0.3) is 5.91 Å². The van der Waals surface area contributed by atoms with Gasteiger partial charge < -0.3 is 5.32 Å².